The van der Waals surface area contributed by atoms with Crippen molar-refractivity contribution in [2.24, 2.45) is 0 Å². The number of rotatable bonds is 3. The van der Waals surface area contributed by atoms with Crippen LogP contribution in [0.3, 0.4) is 0 Å². The first-order valence-corrected chi connectivity index (χ1v) is 4.66. The van der Waals surface area contributed by atoms with Crippen LogP contribution in [-0.2, 0) is 14.3 Å². The number of carbonyl (C=O) groups is 2. The van der Waals surface area contributed by atoms with Gasteiger partial charge in [0.25, 0.3) is 0 Å². The molecule has 4 heteroatoms. The molecule has 0 fully saturated rings. The fraction of sp³-hybridized carbons (Fsp3) is 0.167. The van der Waals surface area contributed by atoms with Crippen molar-refractivity contribution < 1.29 is 19.1 Å². The highest BCUT2D eigenvalue weighted by molar-refractivity contribution is 5.86. The van der Waals surface area contributed by atoms with Gasteiger partial charge in [0.2, 0.25) is 0 Å². The molecule has 1 aromatic rings. The Morgan fingerprint density at radius 2 is 1.81 bits per heavy atom. The molecule has 0 atom stereocenters. The molecule has 0 unspecified atom stereocenters. The molecule has 0 aromatic heterocycles. The van der Waals surface area contributed by atoms with Gasteiger partial charge in [-0.2, -0.15) is 0 Å². The first kappa shape index (κ1) is 12.0. The quantitative estimate of drug-likeness (QED) is 0.443. The van der Waals surface area contributed by atoms with E-state index >= 15 is 0 Å². The summed E-state index contributed by atoms with van der Waals surface area (Å²) in [6.07, 6.45) is 2.93. The van der Waals surface area contributed by atoms with Crippen molar-refractivity contribution in [3.63, 3.8) is 0 Å². The lowest BCUT2D eigenvalue weighted by molar-refractivity contribution is -0.135. The fourth-order valence-electron chi connectivity index (χ4n) is 1.05. The average Bonchev–Trinajstić information content (AvgIpc) is 2.27. The molecule has 4 nitrogen and oxygen atoms in total. The van der Waals surface area contributed by atoms with E-state index in [1.165, 1.54) is 20.1 Å². The number of methoxy groups -OCH3 is 1. The van der Waals surface area contributed by atoms with Crippen LogP contribution in [0.5, 0.6) is 5.75 Å². The molecule has 0 aliphatic carbocycles. The smallest absolute Gasteiger partial charge is 0.330 e. The van der Waals surface area contributed by atoms with Crippen LogP contribution in [0.4, 0.5) is 0 Å². The first-order valence-electron chi connectivity index (χ1n) is 4.66. The third-order valence-electron chi connectivity index (χ3n) is 1.75. The standard InChI is InChI=1S/C12H12O4/c1-9(13)16-11-6-3-10(4-7-11)5-8-12(14)15-2/h3-8H,1-2H3. The molecule has 0 spiro atoms. The molecular formula is C12H12O4. The van der Waals surface area contributed by atoms with Crippen LogP contribution < -0.4 is 4.74 Å². The number of benzene rings is 1. The highest BCUT2D eigenvalue weighted by Gasteiger charge is 1.97. The molecule has 0 heterocycles. The zero-order valence-corrected chi connectivity index (χ0v) is 9.10. The van der Waals surface area contributed by atoms with Gasteiger partial charge in [0.05, 0.1) is 7.11 Å². The van der Waals surface area contributed by atoms with Crippen molar-refractivity contribution >= 4 is 18.0 Å². The maximum Gasteiger partial charge on any atom is 0.330 e. The van der Waals surface area contributed by atoms with Gasteiger partial charge in [0, 0.05) is 13.0 Å². The zero-order chi connectivity index (χ0) is 12.0. The van der Waals surface area contributed by atoms with Gasteiger partial charge in [0.1, 0.15) is 5.75 Å². The van der Waals surface area contributed by atoms with Crippen molar-refractivity contribution in [2.45, 2.75) is 6.92 Å². The van der Waals surface area contributed by atoms with Crippen LogP contribution in [0.25, 0.3) is 6.08 Å². The minimum Gasteiger partial charge on any atom is -0.466 e. The Labute approximate surface area is 93.5 Å². The minimum atomic E-state index is -0.413. The summed E-state index contributed by atoms with van der Waals surface area (Å²) >= 11 is 0. The second-order valence-electron chi connectivity index (χ2n) is 3.02. The average molecular weight is 220 g/mol. The molecule has 0 N–H and O–H groups in total. The summed E-state index contributed by atoms with van der Waals surface area (Å²) in [7, 11) is 1.32. The van der Waals surface area contributed by atoms with E-state index in [9.17, 15) is 9.59 Å². The Balaban J connectivity index is 2.68. The number of hydrogen-bond donors (Lipinski definition) is 0. The van der Waals surface area contributed by atoms with Crippen molar-refractivity contribution in [3.8, 4) is 5.75 Å². The van der Waals surface area contributed by atoms with Crippen LogP contribution >= 0.6 is 0 Å². The molecule has 0 radical (unpaired) electrons. The molecule has 0 saturated heterocycles. The molecule has 0 bridgehead atoms. The van der Waals surface area contributed by atoms with Crippen molar-refractivity contribution in [2.75, 3.05) is 7.11 Å². The van der Waals surface area contributed by atoms with Crippen LogP contribution in [0.1, 0.15) is 12.5 Å². The van der Waals surface area contributed by atoms with E-state index in [0.717, 1.165) is 5.56 Å². The molecular weight excluding hydrogens is 208 g/mol. The van der Waals surface area contributed by atoms with Gasteiger partial charge in [-0.25, -0.2) is 4.79 Å². The second kappa shape index (κ2) is 5.70. The summed E-state index contributed by atoms with van der Waals surface area (Å²) in [5.74, 6) is -0.301. The van der Waals surface area contributed by atoms with E-state index in [1.807, 2.05) is 0 Å². The topological polar surface area (TPSA) is 52.6 Å². The zero-order valence-electron chi connectivity index (χ0n) is 9.10. The summed E-state index contributed by atoms with van der Waals surface area (Å²) in [4.78, 5) is 21.5. The van der Waals surface area contributed by atoms with Crippen molar-refractivity contribution in [3.05, 3.63) is 35.9 Å². The van der Waals surface area contributed by atoms with Crippen LogP contribution in [-0.4, -0.2) is 19.0 Å². The van der Waals surface area contributed by atoms with Crippen LogP contribution in [0.2, 0.25) is 0 Å². The van der Waals surface area contributed by atoms with Gasteiger partial charge in [0.15, 0.2) is 0 Å². The van der Waals surface area contributed by atoms with Crippen LogP contribution in [0.15, 0.2) is 30.3 Å². The number of carbonyl (C=O) groups excluding carboxylic acids is 2. The van der Waals surface area contributed by atoms with Gasteiger partial charge < -0.3 is 9.47 Å². The molecule has 0 saturated carbocycles. The summed E-state index contributed by atoms with van der Waals surface area (Å²) in [5, 5.41) is 0. The summed E-state index contributed by atoms with van der Waals surface area (Å²) in [5.41, 5.74) is 0.821. The van der Waals surface area contributed by atoms with E-state index in [2.05, 4.69) is 4.74 Å². The molecule has 1 rings (SSSR count). The number of ether oxygens (including phenoxy) is 2. The van der Waals surface area contributed by atoms with Crippen LogP contribution in [0, 0.1) is 0 Å². The Morgan fingerprint density at radius 3 is 2.31 bits per heavy atom. The Hall–Kier alpha value is -2.10. The Kier molecular flexibility index (Phi) is 4.27. The van der Waals surface area contributed by atoms with Gasteiger partial charge in [-0.3, -0.25) is 4.79 Å². The predicted molar refractivity (Wildman–Crippen MR) is 58.8 cm³/mol. The lowest BCUT2D eigenvalue weighted by Gasteiger charge is -2.00. The molecule has 0 aliphatic rings. The normalized spacial score (nSPS) is 10.1. The summed E-state index contributed by atoms with van der Waals surface area (Å²) in [6.45, 7) is 1.34. The van der Waals surface area contributed by atoms with Gasteiger partial charge >= 0.3 is 11.9 Å². The van der Waals surface area contributed by atoms with Gasteiger partial charge in [-0.05, 0) is 23.8 Å². The Morgan fingerprint density at radius 1 is 1.19 bits per heavy atom. The second-order valence-corrected chi connectivity index (χ2v) is 3.02. The van der Waals surface area contributed by atoms with Gasteiger partial charge in [-0.15, -0.1) is 0 Å². The lowest BCUT2D eigenvalue weighted by Crippen LogP contribution is -2.00. The van der Waals surface area contributed by atoms with E-state index in [1.54, 1.807) is 30.3 Å². The molecule has 16 heavy (non-hydrogen) atoms. The van der Waals surface area contributed by atoms with E-state index in [0.29, 0.717) is 5.75 Å². The monoisotopic (exact) mass is 220 g/mol. The molecule has 0 amide bonds. The van der Waals surface area contributed by atoms with E-state index < -0.39 is 5.97 Å². The van der Waals surface area contributed by atoms with Gasteiger partial charge in [-0.1, -0.05) is 12.1 Å². The molecule has 84 valence electrons. The summed E-state index contributed by atoms with van der Waals surface area (Å²) < 4.78 is 9.31. The van der Waals surface area contributed by atoms with Crippen molar-refractivity contribution in [1.29, 1.82) is 0 Å². The first-order chi connectivity index (χ1) is 7.61. The maximum absolute atomic E-state index is 10.8. The number of hydrogen-bond acceptors (Lipinski definition) is 4. The summed E-state index contributed by atoms with van der Waals surface area (Å²) in [6, 6.07) is 6.77. The third-order valence-corrected chi connectivity index (χ3v) is 1.75. The largest absolute Gasteiger partial charge is 0.466 e. The van der Waals surface area contributed by atoms with Crippen molar-refractivity contribution in [1.82, 2.24) is 0 Å². The highest BCUT2D eigenvalue weighted by atomic mass is 16.5. The lowest BCUT2D eigenvalue weighted by atomic mass is 10.2. The highest BCUT2D eigenvalue weighted by Crippen LogP contribution is 2.13. The van der Waals surface area contributed by atoms with E-state index in [-0.39, 0.29) is 5.97 Å². The fourth-order valence-corrected chi connectivity index (χ4v) is 1.05. The Bertz CT molecular complexity index is 404. The third kappa shape index (κ3) is 3.96. The van der Waals surface area contributed by atoms with E-state index in [4.69, 9.17) is 4.74 Å². The minimum absolute atomic E-state index is 0.363. The number of esters is 2. The molecule has 1 aromatic carbocycles. The molecule has 0 aliphatic heterocycles. The SMILES string of the molecule is COC(=O)C=Cc1ccc(OC(C)=O)cc1. The maximum atomic E-state index is 10.8. The predicted octanol–water partition coefficient (Wildman–Crippen LogP) is 1.80.